The molecule has 0 saturated heterocycles. The Morgan fingerprint density at radius 2 is 2.33 bits per heavy atom. The molecular weight excluding hydrogens is 172 g/mol. The maximum absolute atomic E-state index is 10.1. The van der Waals surface area contributed by atoms with Crippen molar-refractivity contribution in [3.63, 3.8) is 0 Å². The fraction of sp³-hybridized carbons (Fsp3) is 0.625. The fourth-order valence-corrected chi connectivity index (χ4v) is 2.07. The summed E-state index contributed by atoms with van der Waals surface area (Å²) in [4.78, 5) is 10.1. The monoisotopic (exact) mass is 182 g/mol. The molecule has 1 aliphatic carbocycles. The summed E-state index contributed by atoms with van der Waals surface area (Å²) in [5.41, 5.74) is 0. The van der Waals surface area contributed by atoms with Crippen LogP contribution in [-0.2, 0) is 11.2 Å². The van der Waals surface area contributed by atoms with Crippen molar-refractivity contribution >= 4 is 17.6 Å². The number of aldehydes is 1. The normalized spacial score (nSPS) is 16.3. The van der Waals surface area contributed by atoms with Crippen LogP contribution in [0.2, 0.25) is 0 Å². The molecule has 0 spiro atoms. The van der Waals surface area contributed by atoms with Crippen molar-refractivity contribution in [1.29, 1.82) is 0 Å². The Labute approximate surface area is 74.8 Å². The van der Waals surface area contributed by atoms with E-state index >= 15 is 0 Å². The van der Waals surface area contributed by atoms with Crippen molar-refractivity contribution in [2.45, 2.75) is 31.6 Å². The molecule has 12 heavy (non-hydrogen) atoms. The average Bonchev–Trinajstić information content (AvgIpc) is 2.83. The highest BCUT2D eigenvalue weighted by atomic mass is 32.1. The zero-order chi connectivity index (χ0) is 8.39. The lowest BCUT2D eigenvalue weighted by Gasteiger charge is -1.84. The van der Waals surface area contributed by atoms with Crippen molar-refractivity contribution < 1.29 is 4.79 Å². The summed E-state index contributed by atoms with van der Waals surface area (Å²) in [5.74, 6) is 0.687. The highest BCUT2D eigenvalue weighted by molar-refractivity contribution is 7.11. The minimum atomic E-state index is 0.569. The average molecular weight is 182 g/mol. The van der Waals surface area contributed by atoms with E-state index in [0.717, 1.165) is 22.7 Å². The van der Waals surface area contributed by atoms with Gasteiger partial charge in [-0.3, -0.25) is 0 Å². The third-order valence-electron chi connectivity index (χ3n) is 1.89. The van der Waals surface area contributed by atoms with E-state index < -0.39 is 0 Å². The highest BCUT2D eigenvalue weighted by Crippen LogP contribution is 2.41. The van der Waals surface area contributed by atoms with Crippen LogP contribution in [0.15, 0.2) is 0 Å². The van der Waals surface area contributed by atoms with E-state index in [1.807, 2.05) is 0 Å². The first-order valence-electron chi connectivity index (χ1n) is 4.16. The van der Waals surface area contributed by atoms with Gasteiger partial charge in [0.15, 0.2) is 0 Å². The second-order valence-corrected chi connectivity index (χ2v) is 4.11. The first kappa shape index (κ1) is 7.86. The zero-order valence-corrected chi connectivity index (χ0v) is 7.51. The lowest BCUT2D eigenvalue weighted by molar-refractivity contribution is -0.107. The van der Waals surface area contributed by atoms with Crippen LogP contribution >= 0.6 is 11.3 Å². The Balaban J connectivity index is 1.98. The van der Waals surface area contributed by atoms with E-state index in [0.29, 0.717) is 12.3 Å². The summed E-state index contributed by atoms with van der Waals surface area (Å²) in [7, 11) is 0. The Morgan fingerprint density at radius 1 is 1.50 bits per heavy atom. The van der Waals surface area contributed by atoms with Gasteiger partial charge in [0, 0.05) is 18.8 Å². The van der Waals surface area contributed by atoms with Gasteiger partial charge in [0.05, 0.1) is 0 Å². The van der Waals surface area contributed by atoms with Gasteiger partial charge < -0.3 is 4.79 Å². The predicted molar refractivity (Wildman–Crippen MR) is 46.3 cm³/mol. The van der Waals surface area contributed by atoms with E-state index in [1.54, 1.807) is 11.3 Å². The molecule has 1 aromatic heterocycles. The molecule has 2 rings (SSSR count). The van der Waals surface area contributed by atoms with Crippen molar-refractivity contribution in [3.8, 4) is 0 Å². The number of carbonyl (C=O) groups excluding carboxylic acids is 1. The first-order valence-corrected chi connectivity index (χ1v) is 4.97. The summed E-state index contributed by atoms with van der Waals surface area (Å²) in [6.07, 6.45) is 4.79. The number of hydrogen-bond acceptors (Lipinski definition) is 4. The van der Waals surface area contributed by atoms with E-state index in [1.165, 1.54) is 12.8 Å². The quantitative estimate of drug-likeness (QED) is 0.663. The molecule has 1 fully saturated rings. The second-order valence-electron chi connectivity index (χ2n) is 3.01. The molecule has 0 radical (unpaired) electrons. The number of hydrogen-bond donors (Lipinski definition) is 0. The smallest absolute Gasteiger partial charge is 0.120 e. The molecule has 0 atom stereocenters. The molecule has 64 valence electrons. The first-order chi connectivity index (χ1) is 5.90. The minimum absolute atomic E-state index is 0.569. The molecule has 1 aromatic rings. The van der Waals surface area contributed by atoms with Crippen LogP contribution in [0.3, 0.4) is 0 Å². The van der Waals surface area contributed by atoms with Crippen LogP contribution in [0, 0.1) is 0 Å². The molecule has 0 unspecified atom stereocenters. The number of carbonyl (C=O) groups is 1. The third-order valence-corrected chi connectivity index (χ3v) is 3.03. The molecule has 0 bridgehead atoms. The number of nitrogens with zero attached hydrogens (tertiary/aromatic N) is 2. The molecule has 0 N–H and O–H groups in total. The standard InChI is InChI=1S/C8H10N2OS/c11-5-1-2-7-9-10-8(12-7)6-3-4-6/h5-6H,1-4H2. The van der Waals surface area contributed by atoms with Crippen LogP contribution in [-0.4, -0.2) is 16.5 Å². The van der Waals surface area contributed by atoms with E-state index in [2.05, 4.69) is 10.2 Å². The lowest BCUT2D eigenvalue weighted by Crippen LogP contribution is -1.83. The van der Waals surface area contributed by atoms with Gasteiger partial charge in [-0.2, -0.15) is 0 Å². The molecule has 0 aromatic carbocycles. The Kier molecular flexibility index (Phi) is 2.17. The summed E-state index contributed by atoms with van der Waals surface area (Å²) < 4.78 is 0. The molecule has 1 saturated carbocycles. The van der Waals surface area contributed by atoms with Gasteiger partial charge in [-0.15, -0.1) is 21.5 Å². The fourth-order valence-electron chi connectivity index (χ4n) is 1.05. The van der Waals surface area contributed by atoms with Crippen molar-refractivity contribution in [3.05, 3.63) is 10.0 Å². The predicted octanol–water partition coefficient (Wildman–Crippen LogP) is 1.55. The van der Waals surface area contributed by atoms with Crippen molar-refractivity contribution in [1.82, 2.24) is 10.2 Å². The third kappa shape index (κ3) is 1.69. The largest absolute Gasteiger partial charge is 0.303 e. The maximum atomic E-state index is 10.1. The molecule has 1 aliphatic rings. The Hall–Kier alpha value is -0.770. The molecule has 1 heterocycles. The lowest BCUT2D eigenvalue weighted by atomic mass is 10.3. The maximum Gasteiger partial charge on any atom is 0.120 e. The summed E-state index contributed by atoms with van der Waals surface area (Å²) in [6.45, 7) is 0. The second kappa shape index (κ2) is 3.31. The topological polar surface area (TPSA) is 42.9 Å². The van der Waals surface area contributed by atoms with Crippen LogP contribution in [0.1, 0.15) is 35.2 Å². The van der Waals surface area contributed by atoms with Crippen molar-refractivity contribution in [2.24, 2.45) is 0 Å². The summed E-state index contributed by atoms with van der Waals surface area (Å²) in [5, 5.41) is 10.3. The zero-order valence-electron chi connectivity index (χ0n) is 6.69. The van der Waals surface area contributed by atoms with Gasteiger partial charge >= 0.3 is 0 Å². The van der Waals surface area contributed by atoms with Gasteiger partial charge in [-0.05, 0) is 12.8 Å². The van der Waals surface area contributed by atoms with Crippen LogP contribution in [0.5, 0.6) is 0 Å². The molecular formula is C8H10N2OS. The van der Waals surface area contributed by atoms with Crippen molar-refractivity contribution in [2.75, 3.05) is 0 Å². The van der Waals surface area contributed by atoms with Gasteiger partial charge in [-0.1, -0.05) is 0 Å². The molecule has 3 nitrogen and oxygen atoms in total. The van der Waals surface area contributed by atoms with Crippen LogP contribution in [0.4, 0.5) is 0 Å². The van der Waals surface area contributed by atoms with E-state index in [4.69, 9.17) is 0 Å². The summed E-state index contributed by atoms with van der Waals surface area (Å²) >= 11 is 1.66. The van der Waals surface area contributed by atoms with Crippen LogP contribution < -0.4 is 0 Å². The van der Waals surface area contributed by atoms with Gasteiger partial charge in [-0.25, -0.2) is 0 Å². The number of aromatic nitrogens is 2. The van der Waals surface area contributed by atoms with Gasteiger partial charge in [0.1, 0.15) is 16.3 Å². The van der Waals surface area contributed by atoms with E-state index in [-0.39, 0.29) is 0 Å². The molecule has 0 aliphatic heterocycles. The SMILES string of the molecule is O=CCCc1nnc(C2CC2)s1. The highest BCUT2D eigenvalue weighted by Gasteiger charge is 2.27. The van der Waals surface area contributed by atoms with Crippen LogP contribution in [0.25, 0.3) is 0 Å². The van der Waals surface area contributed by atoms with Gasteiger partial charge in [0.25, 0.3) is 0 Å². The number of aryl methyl sites for hydroxylation is 1. The summed E-state index contributed by atoms with van der Waals surface area (Å²) in [6, 6.07) is 0. The van der Waals surface area contributed by atoms with E-state index in [9.17, 15) is 4.79 Å². The Bertz CT molecular complexity index is 280. The molecule has 0 amide bonds. The number of rotatable bonds is 4. The minimum Gasteiger partial charge on any atom is -0.303 e. The Morgan fingerprint density at radius 3 is 3.00 bits per heavy atom. The molecule has 4 heteroatoms. The van der Waals surface area contributed by atoms with Gasteiger partial charge in [0.2, 0.25) is 0 Å².